The van der Waals surface area contributed by atoms with Gasteiger partial charge in [0, 0.05) is 27.7 Å². The van der Waals surface area contributed by atoms with Crippen molar-refractivity contribution in [1.29, 1.82) is 0 Å². The van der Waals surface area contributed by atoms with Gasteiger partial charge >= 0.3 is 0 Å². The number of nitrogens with one attached hydrogen (secondary N) is 1. The van der Waals surface area contributed by atoms with Crippen LogP contribution in [0.3, 0.4) is 0 Å². The summed E-state index contributed by atoms with van der Waals surface area (Å²) < 4.78 is 18.0. The Bertz CT molecular complexity index is 1230. The van der Waals surface area contributed by atoms with Crippen LogP contribution in [0.4, 0.5) is 5.69 Å². The number of amides is 1. The first-order valence-electron chi connectivity index (χ1n) is 11.3. The largest absolute Gasteiger partial charge is 0.490 e. The van der Waals surface area contributed by atoms with E-state index >= 15 is 0 Å². The molecular formula is C26H26BrN3O6. The molecule has 0 aliphatic carbocycles. The maximum Gasteiger partial charge on any atom is 0.271 e. The molecule has 0 saturated carbocycles. The van der Waals surface area contributed by atoms with Crippen molar-refractivity contribution >= 4 is 33.7 Å². The highest BCUT2D eigenvalue weighted by atomic mass is 79.9. The molecular weight excluding hydrogens is 530 g/mol. The Morgan fingerprint density at radius 2 is 1.75 bits per heavy atom. The van der Waals surface area contributed by atoms with Crippen molar-refractivity contribution in [3.8, 4) is 17.2 Å². The van der Waals surface area contributed by atoms with Crippen LogP contribution in [0, 0.1) is 10.1 Å². The molecule has 188 valence electrons. The van der Waals surface area contributed by atoms with Crippen molar-refractivity contribution in [1.82, 2.24) is 5.43 Å². The molecule has 0 aliphatic rings. The Morgan fingerprint density at radius 1 is 1.00 bits per heavy atom. The Balaban J connectivity index is 1.68. The monoisotopic (exact) mass is 555 g/mol. The van der Waals surface area contributed by atoms with Crippen molar-refractivity contribution in [3.63, 3.8) is 0 Å². The van der Waals surface area contributed by atoms with Gasteiger partial charge in [-0.15, -0.1) is 0 Å². The topological polar surface area (TPSA) is 112 Å². The highest BCUT2D eigenvalue weighted by Crippen LogP contribution is 2.29. The van der Waals surface area contributed by atoms with Crippen LogP contribution >= 0.6 is 15.9 Å². The molecule has 0 atom stereocenters. The van der Waals surface area contributed by atoms with E-state index in [1.54, 1.807) is 42.5 Å². The van der Waals surface area contributed by atoms with E-state index < -0.39 is 10.8 Å². The number of nitro benzene ring substituents is 1. The maximum atomic E-state index is 12.6. The molecule has 3 rings (SSSR count). The van der Waals surface area contributed by atoms with Gasteiger partial charge < -0.3 is 14.2 Å². The second-order valence-electron chi connectivity index (χ2n) is 7.54. The normalized spacial score (nSPS) is 10.8. The Labute approximate surface area is 217 Å². The van der Waals surface area contributed by atoms with Gasteiger partial charge in [0.2, 0.25) is 0 Å². The predicted molar refractivity (Wildman–Crippen MR) is 140 cm³/mol. The lowest BCUT2D eigenvalue weighted by molar-refractivity contribution is -0.384. The van der Waals surface area contributed by atoms with Crippen LogP contribution in [0.2, 0.25) is 0 Å². The number of ether oxygens (including phenoxy) is 3. The van der Waals surface area contributed by atoms with Gasteiger partial charge in [-0.2, -0.15) is 5.10 Å². The summed E-state index contributed by atoms with van der Waals surface area (Å²) in [6.07, 6.45) is 2.34. The SMILES string of the molecule is CCCOc1ccc(C(=O)N/N=C/c2cc(Br)ccc2OCc2ccc([N+](=O)[O-])cc2)cc1OCC. The number of benzene rings is 3. The van der Waals surface area contributed by atoms with Crippen molar-refractivity contribution < 1.29 is 23.9 Å². The molecule has 0 heterocycles. The van der Waals surface area contributed by atoms with Crippen LogP contribution in [0.5, 0.6) is 17.2 Å². The lowest BCUT2D eigenvalue weighted by Gasteiger charge is -2.12. The van der Waals surface area contributed by atoms with Crippen LogP contribution in [0.15, 0.2) is 70.2 Å². The molecule has 0 aliphatic heterocycles. The molecule has 9 nitrogen and oxygen atoms in total. The number of non-ortho nitro benzene ring substituents is 1. The molecule has 36 heavy (non-hydrogen) atoms. The van der Waals surface area contributed by atoms with E-state index in [-0.39, 0.29) is 12.3 Å². The van der Waals surface area contributed by atoms with E-state index in [9.17, 15) is 14.9 Å². The van der Waals surface area contributed by atoms with E-state index in [1.165, 1.54) is 18.3 Å². The molecule has 1 N–H and O–H groups in total. The van der Waals surface area contributed by atoms with Gasteiger partial charge in [-0.1, -0.05) is 22.9 Å². The number of carbonyl (C=O) groups is 1. The van der Waals surface area contributed by atoms with E-state index in [4.69, 9.17) is 14.2 Å². The first-order valence-corrected chi connectivity index (χ1v) is 12.1. The smallest absolute Gasteiger partial charge is 0.271 e. The zero-order valence-electron chi connectivity index (χ0n) is 19.9. The fourth-order valence-electron chi connectivity index (χ4n) is 3.10. The maximum absolute atomic E-state index is 12.6. The third-order valence-corrected chi connectivity index (χ3v) is 5.34. The fourth-order valence-corrected chi connectivity index (χ4v) is 3.48. The average Bonchev–Trinajstić information content (AvgIpc) is 2.87. The number of rotatable bonds is 12. The quantitative estimate of drug-likeness (QED) is 0.169. The minimum absolute atomic E-state index is 0.0162. The van der Waals surface area contributed by atoms with E-state index in [1.807, 2.05) is 19.9 Å². The van der Waals surface area contributed by atoms with E-state index in [2.05, 4.69) is 26.5 Å². The molecule has 0 fully saturated rings. The van der Waals surface area contributed by atoms with Gasteiger partial charge in [0.1, 0.15) is 12.4 Å². The Hall–Kier alpha value is -3.92. The van der Waals surface area contributed by atoms with Crippen molar-refractivity contribution in [2.75, 3.05) is 13.2 Å². The van der Waals surface area contributed by atoms with Gasteiger partial charge in [0.25, 0.3) is 11.6 Å². The highest BCUT2D eigenvalue weighted by molar-refractivity contribution is 9.10. The summed E-state index contributed by atoms with van der Waals surface area (Å²) in [6.45, 7) is 5.07. The Kier molecular flexibility index (Phi) is 9.82. The summed E-state index contributed by atoms with van der Waals surface area (Å²) in [4.78, 5) is 23.0. The second-order valence-corrected chi connectivity index (χ2v) is 8.45. The molecule has 0 saturated heterocycles. The molecule has 0 aromatic heterocycles. The summed E-state index contributed by atoms with van der Waals surface area (Å²) in [5, 5.41) is 14.9. The van der Waals surface area contributed by atoms with Crippen molar-refractivity contribution in [2.24, 2.45) is 5.10 Å². The number of halogens is 1. The standard InChI is InChI=1S/C26H26BrN3O6/c1-3-13-35-24-11-7-19(15-25(24)34-4-2)26(31)29-28-16-20-14-21(27)8-12-23(20)36-17-18-5-9-22(10-6-18)30(32)33/h5-12,14-16H,3-4,13,17H2,1-2H3,(H,29,31)/b28-16+. The van der Waals surface area contributed by atoms with E-state index in [0.717, 1.165) is 16.5 Å². The van der Waals surface area contributed by atoms with Gasteiger partial charge in [-0.3, -0.25) is 14.9 Å². The molecule has 1 amide bonds. The highest BCUT2D eigenvalue weighted by Gasteiger charge is 2.12. The van der Waals surface area contributed by atoms with Crippen LogP contribution in [0.1, 0.15) is 41.8 Å². The van der Waals surface area contributed by atoms with Gasteiger partial charge in [0.05, 0.1) is 24.4 Å². The number of hydrogen-bond acceptors (Lipinski definition) is 7. The zero-order valence-corrected chi connectivity index (χ0v) is 21.5. The summed E-state index contributed by atoms with van der Waals surface area (Å²) in [6, 6.07) is 16.5. The molecule has 10 heteroatoms. The van der Waals surface area contributed by atoms with Crippen LogP contribution in [-0.2, 0) is 6.61 Å². The molecule has 3 aromatic rings. The molecule has 0 radical (unpaired) electrons. The summed E-state index contributed by atoms with van der Waals surface area (Å²) in [5.41, 5.74) is 4.31. The zero-order chi connectivity index (χ0) is 25.9. The summed E-state index contributed by atoms with van der Waals surface area (Å²) >= 11 is 3.42. The van der Waals surface area contributed by atoms with Crippen LogP contribution in [0.25, 0.3) is 0 Å². The number of hydrogen-bond donors (Lipinski definition) is 1. The third-order valence-electron chi connectivity index (χ3n) is 4.85. The fraction of sp³-hybridized carbons (Fsp3) is 0.231. The molecule has 0 spiro atoms. The van der Waals surface area contributed by atoms with Gasteiger partial charge in [-0.25, -0.2) is 5.43 Å². The summed E-state index contributed by atoms with van der Waals surface area (Å²) in [5.74, 6) is 1.21. The van der Waals surface area contributed by atoms with Crippen LogP contribution < -0.4 is 19.6 Å². The number of carbonyl (C=O) groups excluding carboxylic acids is 1. The van der Waals surface area contributed by atoms with E-state index in [0.29, 0.717) is 41.6 Å². The molecule has 3 aromatic carbocycles. The number of nitrogens with zero attached hydrogens (tertiary/aromatic N) is 2. The Morgan fingerprint density at radius 3 is 2.44 bits per heavy atom. The minimum atomic E-state index is -0.450. The second kappa shape index (κ2) is 13.2. The van der Waals surface area contributed by atoms with Crippen molar-refractivity contribution in [3.05, 3.63) is 91.9 Å². The summed E-state index contributed by atoms with van der Waals surface area (Å²) in [7, 11) is 0. The predicted octanol–water partition coefficient (Wildman–Crippen LogP) is 5.89. The number of nitro groups is 1. The van der Waals surface area contributed by atoms with Gasteiger partial charge in [-0.05, 0) is 67.4 Å². The number of hydrazone groups is 1. The third kappa shape index (κ3) is 7.54. The lowest BCUT2D eigenvalue weighted by atomic mass is 10.2. The van der Waals surface area contributed by atoms with Crippen molar-refractivity contribution in [2.45, 2.75) is 26.9 Å². The minimum Gasteiger partial charge on any atom is -0.490 e. The first kappa shape index (κ1) is 26.7. The average molecular weight is 556 g/mol. The van der Waals surface area contributed by atoms with Crippen LogP contribution in [-0.4, -0.2) is 30.3 Å². The molecule has 0 unspecified atom stereocenters. The lowest BCUT2D eigenvalue weighted by Crippen LogP contribution is -2.18. The first-order chi connectivity index (χ1) is 17.4. The molecule has 0 bridgehead atoms. The van der Waals surface area contributed by atoms with Gasteiger partial charge in [0.15, 0.2) is 11.5 Å².